The lowest BCUT2D eigenvalue weighted by Gasteiger charge is -2.32. The highest BCUT2D eigenvalue weighted by atomic mass is 16.5. The van der Waals surface area contributed by atoms with Crippen LogP contribution in [-0.4, -0.2) is 44.5 Å². The molecule has 1 atom stereocenters. The maximum absolute atomic E-state index is 5.81. The van der Waals surface area contributed by atoms with Gasteiger partial charge in [0.1, 0.15) is 6.10 Å². The Morgan fingerprint density at radius 2 is 2.20 bits per heavy atom. The number of rotatable bonds is 3. The minimum Gasteiger partial charge on any atom is -0.369 e. The van der Waals surface area contributed by atoms with Crippen molar-refractivity contribution in [2.75, 3.05) is 19.7 Å². The summed E-state index contributed by atoms with van der Waals surface area (Å²) in [6, 6.07) is 0. The zero-order valence-electron chi connectivity index (χ0n) is 11.8. The lowest BCUT2D eigenvalue weighted by Crippen LogP contribution is -2.38. The third kappa shape index (κ3) is 2.86. The SMILES string of the molecule is Cc1cnc([C@H]2CN(Cc3nc[nH]c3C)CCO2)cn1. The quantitative estimate of drug-likeness (QED) is 0.915. The monoisotopic (exact) mass is 273 g/mol. The normalized spacial score (nSPS) is 20.2. The van der Waals surface area contributed by atoms with E-state index in [0.717, 1.165) is 42.4 Å². The molecular weight excluding hydrogens is 254 g/mol. The number of aromatic nitrogens is 4. The molecule has 2 aromatic rings. The molecule has 0 unspecified atom stereocenters. The molecule has 6 heteroatoms. The zero-order chi connectivity index (χ0) is 13.9. The van der Waals surface area contributed by atoms with E-state index < -0.39 is 0 Å². The molecule has 1 aliphatic rings. The lowest BCUT2D eigenvalue weighted by atomic mass is 10.2. The van der Waals surface area contributed by atoms with Crippen LogP contribution in [0.5, 0.6) is 0 Å². The molecular formula is C14H19N5O. The molecule has 1 fully saturated rings. The van der Waals surface area contributed by atoms with Gasteiger partial charge in [0.15, 0.2) is 0 Å². The molecule has 0 bridgehead atoms. The fraction of sp³-hybridized carbons (Fsp3) is 0.500. The van der Waals surface area contributed by atoms with Crippen molar-refractivity contribution in [1.29, 1.82) is 0 Å². The summed E-state index contributed by atoms with van der Waals surface area (Å²) in [5, 5.41) is 0. The smallest absolute Gasteiger partial charge is 0.114 e. The summed E-state index contributed by atoms with van der Waals surface area (Å²) in [4.78, 5) is 18.5. The van der Waals surface area contributed by atoms with Crippen molar-refractivity contribution >= 4 is 0 Å². The molecule has 2 aromatic heterocycles. The molecule has 6 nitrogen and oxygen atoms in total. The summed E-state index contributed by atoms with van der Waals surface area (Å²) in [7, 11) is 0. The van der Waals surface area contributed by atoms with Crippen molar-refractivity contribution in [3.8, 4) is 0 Å². The Labute approximate surface area is 118 Å². The fourth-order valence-corrected chi connectivity index (χ4v) is 2.35. The largest absolute Gasteiger partial charge is 0.369 e. The van der Waals surface area contributed by atoms with Crippen LogP contribution in [0.3, 0.4) is 0 Å². The standard InChI is InChI=1S/C14H19N5O/c1-10-5-16-12(6-15-10)14-8-19(3-4-20-14)7-13-11(2)17-9-18-13/h5-6,9,14H,3-4,7-8H2,1-2H3,(H,17,18)/t14-/m1/s1. The number of morpholine rings is 1. The van der Waals surface area contributed by atoms with E-state index in [9.17, 15) is 0 Å². The number of hydrogen-bond donors (Lipinski definition) is 1. The zero-order valence-corrected chi connectivity index (χ0v) is 11.8. The van der Waals surface area contributed by atoms with Crippen LogP contribution in [0.25, 0.3) is 0 Å². The summed E-state index contributed by atoms with van der Waals surface area (Å²) >= 11 is 0. The van der Waals surface area contributed by atoms with Crippen LogP contribution >= 0.6 is 0 Å². The summed E-state index contributed by atoms with van der Waals surface area (Å²) in [6.07, 6.45) is 5.34. The molecule has 1 N–H and O–H groups in total. The van der Waals surface area contributed by atoms with Crippen molar-refractivity contribution in [1.82, 2.24) is 24.8 Å². The highest BCUT2D eigenvalue weighted by Gasteiger charge is 2.24. The second-order valence-electron chi connectivity index (χ2n) is 5.15. The molecule has 0 amide bonds. The Hall–Kier alpha value is -1.79. The number of nitrogens with one attached hydrogen (secondary N) is 1. The topological polar surface area (TPSA) is 66.9 Å². The maximum atomic E-state index is 5.81. The second kappa shape index (κ2) is 5.68. The van der Waals surface area contributed by atoms with Crippen molar-refractivity contribution < 1.29 is 4.74 Å². The van der Waals surface area contributed by atoms with E-state index in [4.69, 9.17) is 4.74 Å². The number of hydrogen-bond acceptors (Lipinski definition) is 5. The van der Waals surface area contributed by atoms with E-state index >= 15 is 0 Å². The van der Waals surface area contributed by atoms with E-state index in [1.165, 1.54) is 0 Å². The van der Waals surface area contributed by atoms with Crippen molar-refractivity contribution in [3.05, 3.63) is 41.5 Å². The Morgan fingerprint density at radius 3 is 2.90 bits per heavy atom. The van der Waals surface area contributed by atoms with E-state index in [-0.39, 0.29) is 6.10 Å². The molecule has 0 aromatic carbocycles. The van der Waals surface area contributed by atoms with Crippen molar-refractivity contribution in [3.63, 3.8) is 0 Å². The van der Waals surface area contributed by atoms with Crippen molar-refractivity contribution in [2.45, 2.75) is 26.5 Å². The predicted octanol–water partition coefficient (Wildman–Crippen LogP) is 1.39. The van der Waals surface area contributed by atoms with Gasteiger partial charge in [-0.05, 0) is 13.8 Å². The highest BCUT2D eigenvalue weighted by molar-refractivity contribution is 5.09. The predicted molar refractivity (Wildman–Crippen MR) is 74.1 cm³/mol. The van der Waals surface area contributed by atoms with Gasteiger partial charge in [-0.1, -0.05) is 0 Å². The van der Waals surface area contributed by atoms with E-state index in [2.05, 4.69) is 24.8 Å². The molecule has 20 heavy (non-hydrogen) atoms. The van der Waals surface area contributed by atoms with E-state index in [1.807, 2.05) is 20.0 Å². The van der Waals surface area contributed by atoms with Crippen LogP contribution in [0.2, 0.25) is 0 Å². The molecule has 3 rings (SSSR count). The number of H-pyrrole nitrogens is 1. The van der Waals surface area contributed by atoms with Crippen LogP contribution in [0.4, 0.5) is 0 Å². The maximum Gasteiger partial charge on any atom is 0.114 e. The Bertz CT molecular complexity index is 565. The second-order valence-corrected chi connectivity index (χ2v) is 5.15. The molecule has 0 saturated carbocycles. The van der Waals surface area contributed by atoms with E-state index in [1.54, 1.807) is 12.5 Å². The highest BCUT2D eigenvalue weighted by Crippen LogP contribution is 2.21. The van der Waals surface area contributed by atoms with Crippen LogP contribution in [-0.2, 0) is 11.3 Å². The van der Waals surface area contributed by atoms with Crippen LogP contribution in [0.1, 0.15) is 28.9 Å². The molecule has 3 heterocycles. The average molecular weight is 273 g/mol. The number of aromatic amines is 1. The molecule has 106 valence electrons. The number of aryl methyl sites for hydroxylation is 2. The van der Waals surface area contributed by atoms with Crippen LogP contribution in [0.15, 0.2) is 18.7 Å². The Morgan fingerprint density at radius 1 is 1.30 bits per heavy atom. The summed E-state index contributed by atoms with van der Waals surface area (Å²) in [6.45, 7) is 7.28. The first-order chi connectivity index (χ1) is 9.72. The minimum atomic E-state index is -0.00361. The fourth-order valence-electron chi connectivity index (χ4n) is 2.35. The van der Waals surface area contributed by atoms with E-state index in [0.29, 0.717) is 6.61 Å². The van der Waals surface area contributed by atoms with Gasteiger partial charge < -0.3 is 9.72 Å². The van der Waals surface area contributed by atoms with Gasteiger partial charge in [0.05, 0.1) is 36.2 Å². The lowest BCUT2D eigenvalue weighted by molar-refractivity contribution is -0.0355. The molecule has 0 radical (unpaired) electrons. The van der Waals surface area contributed by atoms with Gasteiger partial charge in [-0.15, -0.1) is 0 Å². The molecule has 1 saturated heterocycles. The van der Waals surface area contributed by atoms with Crippen LogP contribution in [0, 0.1) is 13.8 Å². The van der Waals surface area contributed by atoms with Crippen molar-refractivity contribution in [2.24, 2.45) is 0 Å². The van der Waals surface area contributed by atoms with Crippen LogP contribution < -0.4 is 0 Å². The third-order valence-corrected chi connectivity index (χ3v) is 3.59. The first-order valence-corrected chi connectivity index (χ1v) is 6.83. The summed E-state index contributed by atoms with van der Waals surface area (Å²) in [5.74, 6) is 0. The molecule has 0 spiro atoms. The van der Waals surface area contributed by atoms with Gasteiger partial charge in [-0.25, -0.2) is 4.98 Å². The number of ether oxygens (including phenoxy) is 1. The van der Waals surface area contributed by atoms with Gasteiger partial charge in [0.25, 0.3) is 0 Å². The molecule has 0 aliphatic carbocycles. The summed E-state index contributed by atoms with van der Waals surface area (Å²) < 4.78 is 5.81. The minimum absolute atomic E-state index is 0.00361. The third-order valence-electron chi connectivity index (χ3n) is 3.59. The first kappa shape index (κ1) is 13.2. The van der Waals surface area contributed by atoms with Gasteiger partial charge in [-0.2, -0.15) is 0 Å². The number of imidazole rings is 1. The number of nitrogens with zero attached hydrogens (tertiary/aromatic N) is 4. The Kier molecular flexibility index (Phi) is 3.75. The molecule has 1 aliphatic heterocycles. The van der Waals surface area contributed by atoms with Gasteiger partial charge in [0, 0.05) is 31.5 Å². The summed E-state index contributed by atoms with van der Waals surface area (Å²) in [5.41, 5.74) is 4.05. The average Bonchev–Trinajstić information content (AvgIpc) is 2.85. The Balaban J connectivity index is 1.67. The van der Waals surface area contributed by atoms with Gasteiger partial charge in [-0.3, -0.25) is 14.9 Å². The van der Waals surface area contributed by atoms with Gasteiger partial charge >= 0.3 is 0 Å². The van der Waals surface area contributed by atoms with Gasteiger partial charge in [0.2, 0.25) is 0 Å². The first-order valence-electron chi connectivity index (χ1n) is 6.83.